The van der Waals surface area contributed by atoms with Gasteiger partial charge >= 0.3 is 5.97 Å². The van der Waals surface area contributed by atoms with Crippen LogP contribution in [0, 0.1) is 0 Å². The molecule has 16 heavy (non-hydrogen) atoms. The van der Waals surface area contributed by atoms with E-state index in [0.717, 1.165) is 19.4 Å². The van der Waals surface area contributed by atoms with E-state index < -0.39 is 0 Å². The molecule has 2 N–H and O–H groups in total. The van der Waals surface area contributed by atoms with Crippen molar-refractivity contribution in [1.29, 1.82) is 0 Å². The van der Waals surface area contributed by atoms with E-state index in [1.807, 2.05) is 13.8 Å². The summed E-state index contributed by atoms with van der Waals surface area (Å²) in [5.41, 5.74) is 5.69. The third-order valence-corrected chi connectivity index (χ3v) is 2.87. The first kappa shape index (κ1) is 13.2. The molecule has 0 saturated carbocycles. The Morgan fingerprint density at radius 2 is 2.44 bits per heavy atom. The van der Waals surface area contributed by atoms with E-state index in [1.165, 1.54) is 0 Å². The quantitative estimate of drug-likeness (QED) is 0.559. The Hall–Kier alpha value is -0.870. The van der Waals surface area contributed by atoms with Crippen LogP contribution in [-0.2, 0) is 9.53 Å². The van der Waals surface area contributed by atoms with Crippen molar-refractivity contribution in [2.45, 2.75) is 38.8 Å². The maximum Gasteiger partial charge on any atom is 0.323 e. The van der Waals surface area contributed by atoms with Crippen LogP contribution in [0.2, 0.25) is 0 Å². The van der Waals surface area contributed by atoms with Crippen LogP contribution >= 0.6 is 0 Å². The lowest BCUT2D eigenvalue weighted by Gasteiger charge is -2.35. The van der Waals surface area contributed by atoms with Crippen molar-refractivity contribution in [2.75, 3.05) is 19.7 Å². The minimum absolute atomic E-state index is 0.143. The molecule has 4 nitrogen and oxygen atoms in total. The van der Waals surface area contributed by atoms with Crippen molar-refractivity contribution in [3.05, 3.63) is 12.2 Å². The molecule has 0 amide bonds. The molecule has 0 saturated heterocycles. The van der Waals surface area contributed by atoms with E-state index in [-0.39, 0.29) is 18.1 Å². The summed E-state index contributed by atoms with van der Waals surface area (Å²) in [6.45, 7) is 5.80. The summed E-state index contributed by atoms with van der Waals surface area (Å²) in [5.74, 6) is -0.143. The second-order valence-electron chi connectivity index (χ2n) is 4.10. The second-order valence-corrected chi connectivity index (χ2v) is 4.10. The largest absolute Gasteiger partial charge is 0.465 e. The summed E-state index contributed by atoms with van der Waals surface area (Å²) in [6, 6.07) is -0.0389. The first-order valence-corrected chi connectivity index (χ1v) is 5.99. The van der Waals surface area contributed by atoms with Crippen molar-refractivity contribution >= 4 is 5.97 Å². The fraction of sp³-hybridized carbons (Fsp3) is 0.750. The molecule has 0 fully saturated rings. The number of nitrogens with zero attached hydrogens (tertiary/aromatic N) is 1. The maximum absolute atomic E-state index is 11.7. The van der Waals surface area contributed by atoms with Gasteiger partial charge in [0.15, 0.2) is 0 Å². The molecular formula is C12H22N2O2. The third kappa shape index (κ3) is 3.32. The zero-order valence-electron chi connectivity index (χ0n) is 10.2. The summed E-state index contributed by atoms with van der Waals surface area (Å²) in [6.07, 6.45) is 6.03. The van der Waals surface area contributed by atoms with E-state index in [9.17, 15) is 4.79 Å². The van der Waals surface area contributed by atoms with Gasteiger partial charge in [-0.15, -0.1) is 0 Å². The highest BCUT2D eigenvalue weighted by Crippen LogP contribution is 2.14. The van der Waals surface area contributed by atoms with Gasteiger partial charge in [0.2, 0.25) is 0 Å². The number of hydrogen-bond acceptors (Lipinski definition) is 4. The molecule has 0 aromatic heterocycles. The van der Waals surface area contributed by atoms with Crippen LogP contribution in [0.3, 0.4) is 0 Å². The van der Waals surface area contributed by atoms with Crippen molar-refractivity contribution in [2.24, 2.45) is 5.73 Å². The Kier molecular flexibility index (Phi) is 5.49. The number of carbonyl (C=O) groups excluding carboxylic acids is 1. The molecule has 4 heteroatoms. The number of esters is 1. The van der Waals surface area contributed by atoms with Crippen LogP contribution in [0.1, 0.15) is 26.7 Å². The highest BCUT2D eigenvalue weighted by atomic mass is 16.5. The van der Waals surface area contributed by atoms with Gasteiger partial charge in [0.25, 0.3) is 0 Å². The molecule has 2 unspecified atom stereocenters. The molecule has 1 aliphatic rings. The normalized spacial score (nSPS) is 23.1. The topological polar surface area (TPSA) is 55.6 Å². The zero-order valence-corrected chi connectivity index (χ0v) is 10.2. The Morgan fingerprint density at radius 1 is 1.69 bits per heavy atom. The summed E-state index contributed by atoms with van der Waals surface area (Å²) < 4.78 is 5.15. The third-order valence-electron chi connectivity index (χ3n) is 2.87. The fourth-order valence-electron chi connectivity index (χ4n) is 1.91. The predicted octanol–water partition coefficient (Wildman–Crippen LogP) is 0.917. The van der Waals surface area contributed by atoms with Crippen LogP contribution in [0.25, 0.3) is 0 Å². The number of carbonyl (C=O) groups is 1. The SMILES string of the molecule is CCCOC(=O)C(C)N1CCC=CC1CN. The van der Waals surface area contributed by atoms with Crippen molar-refractivity contribution in [3.8, 4) is 0 Å². The molecule has 0 aliphatic carbocycles. The predicted molar refractivity (Wildman–Crippen MR) is 64.0 cm³/mol. The summed E-state index contributed by atoms with van der Waals surface area (Å²) in [4.78, 5) is 13.8. The highest BCUT2D eigenvalue weighted by molar-refractivity contribution is 5.75. The number of hydrogen-bond donors (Lipinski definition) is 1. The summed E-state index contributed by atoms with van der Waals surface area (Å²) in [5, 5.41) is 0. The maximum atomic E-state index is 11.7. The molecule has 1 aliphatic heterocycles. The minimum Gasteiger partial charge on any atom is -0.465 e. The van der Waals surface area contributed by atoms with Gasteiger partial charge in [-0.1, -0.05) is 19.1 Å². The van der Waals surface area contributed by atoms with Crippen LogP contribution in [0.15, 0.2) is 12.2 Å². The molecule has 2 atom stereocenters. The average molecular weight is 226 g/mol. The first-order valence-electron chi connectivity index (χ1n) is 5.99. The molecule has 0 aromatic carbocycles. The van der Waals surface area contributed by atoms with E-state index in [1.54, 1.807) is 0 Å². The lowest BCUT2D eigenvalue weighted by molar-refractivity contribution is -0.150. The lowest BCUT2D eigenvalue weighted by Crippen LogP contribution is -2.50. The summed E-state index contributed by atoms with van der Waals surface area (Å²) in [7, 11) is 0. The van der Waals surface area contributed by atoms with Gasteiger partial charge in [-0.05, 0) is 19.8 Å². The molecule has 0 aromatic rings. The van der Waals surface area contributed by atoms with Crippen LogP contribution < -0.4 is 5.73 Å². The molecule has 1 rings (SSSR count). The Morgan fingerprint density at radius 3 is 3.06 bits per heavy atom. The zero-order chi connectivity index (χ0) is 12.0. The number of ether oxygens (including phenoxy) is 1. The van der Waals surface area contributed by atoms with Gasteiger partial charge in [-0.3, -0.25) is 9.69 Å². The smallest absolute Gasteiger partial charge is 0.323 e. The van der Waals surface area contributed by atoms with Crippen LogP contribution in [-0.4, -0.2) is 42.6 Å². The van der Waals surface area contributed by atoms with Crippen molar-refractivity contribution < 1.29 is 9.53 Å². The monoisotopic (exact) mass is 226 g/mol. The molecule has 0 bridgehead atoms. The van der Waals surface area contributed by atoms with Gasteiger partial charge in [0.1, 0.15) is 6.04 Å². The minimum atomic E-state index is -0.204. The van der Waals surface area contributed by atoms with Gasteiger partial charge < -0.3 is 10.5 Å². The van der Waals surface area contributed by atoms with E-state index in [2.05, 4.69) is 17.1 Å². The van der Waals surface area contributed by atoms with Gasteiger partial charge in [-0.2, -0.15) is 0 Å². The van der Waals surface area contributed by atoms with Crippen LogP contribution in [0.4, 0.5) is 0 Å². The van der Waals surface area contributed by atoms with Gasteiger partial charge in [-0.25, -0.2) is 0 Å². The van der Waals surface area contributed by atoms with Crippen molar-refractivity contribution in [3.63, 3.8) is 0 Å². The summed E-state index contributed by atoms with van der Waals surface area (Å²) >= 11 is 0. The molecule has 1 heterocycles. The van der Waals surface area contributed by atoms with Crippen LogP contribution in [0.5, 0.6) is 0 Å². The number of rotatable bonds is 5. The standard InChI is InChI=1S/C12H22N2O2/c1-3-8-16-12(15)10(2)14-7-5-4-6-11(14)9-13/h4,6,10-11H,3,5,7-9,13H2,1-2H3. The Bertz CT molecular complexity index is 253. The lowest BCUT2D eigenvalue weighted by atomic mass is 10.1. The van der Waals surface area contributed by atoms with Crippen molar-refractivity contribution in [1.82, 2.24) is 4.90 Å². The average Bonchev–Trinajstić information content (AvgIpc) is 2.34. The second kappa shape index (κ2) is 6.66. The van der Waals surface area contributed by atoms with E-state index in [0.29, 0.717) is 13.2 Å². The van der Waals surface area contributed by atoms with E-state index in [4.69, 9.17) is 10.5 Å². The Labute approximate surface area is 97.4 Å². The highest BCUT2D eigenvalue weighted by Gasteiger charge is 2.28. The fourth-order valence-corrected chi connectivity index (χ4v) is 1.91. The molecular weight excluding hydrogens is 204 g/mol. The van der Waals surface area contributed by atoms with Gasteiger partial charge in [0.05, 0.1) is 6.61 Å². The molecule has 0 spiro atoms. The van der Waals surface area contributed by atoms with E-state index >= 15 is 0 Å². The molecule has 92 valence electrons. The molecule has 0 radical (unpaired) electrons. The Balaban J connectivity index is 2.54. The number of nitrogens with two attached hydrogens (primary N) is 1. The first-order chi connectivity index (χ1) is 7.70. The van der Waals surface area contributed by atoms with Gasteiger partial charge in [0, 0.05) is 19.1 Å².